The minimum atomic E-state index is -3.67. The molecule has 6 nitrogen and oxygen atoms in total. The number of ether oxygens (including phenoxy) is 1. The van der Waals surface area contributed by atoms with E-state index < -0.39 is 16.0 Å². The van der Waals surface area contributed by atoms with Gasteiger partial charge in [-0.2, -0.15) is 4.31 Å². The van der Waals surface area contributed by atoms with E-state index in [1.807, 2.05) is 7.05 Å². The van der Waals surface area contributed by atoms with Crippen LogP contribution in [-0.4, -0.2) is 52.0 Å². The van der Waals surface area contributed by atoms with E-state index >= 15 is 0 Å². The van der Waals surface area contributed by atoms with Crippen molar-refractivity contribution in [1.82, 2.24) is 9.62 Å². The topological polar surface area (TPSA) is 75.7 Å². The number of esters is 1. The Balaban J connectivity index is 0.00000220. The fraction of sp³-hybridized carbons (Fsp3) is 0.462. The van der Waals surface area contributed by atoms with Gasteiger partial charge in [0, 0.05) is 19.1 Å². The molecule has 2 rings (SSSR count). The number of halogens is 1. The predicted molar refractivity (Wildman–Crippen MR) is 81.3 cm³/mol. The van der Waals surface area contributed by atoms with Crippen LogP contribution in [0.1, 0.15) is 16.8 Å². The number of benzene rings is 1. The average molecular weight is 335 g/mol. The van der Waals surface area contributed by atoms with E-state index in [1.54, 1.807) is 12.1 Å². The first kappa shape index (κ1) is 17.9. The smallest absolute Gasteiger partial charge is 0.339 e. The quantitative estimate of drug-likeness (QED) is 0.827. The number of nitrogens with one attached hydrogen (secondary N) is 1. The highest BCUT2D eigenvalue weighted by Crippen LogP contribution is 2.24. The highest BCUT2D eigenvalue weighted by Gasteiger charge is 2.34. The lowest BCUT2D eigenvalue weighted by Gasteiger charge is -2.18. The summed E-state index contributed by atoms with van der Waals surface area (Å²) in [4.78, 5) is 11.7. The van der Waals surface area contributed by atoms with Gasteiger partial charge in [0.1, 0.15) is 0 Å². The SMILES string of the molecule is CNC1CCN(S(=O)(=O)c2ccccc2C(=O)OC)C1.Cl. The van der Waals surface area contributed by atoms with E-state index in [1.165, 1.54) is 23.5 Å². The highest BCUT2D eigenvalue weighted by atomic mass is 35.5. The first-order valence-corrected chi connectivity index (χ1v) is 7.79. The first-order valence-electron chi connectivity index (χ1n) is 6.35. The Hall–Kier alpha value is -1.15. The van der Waals surface area contributed by atoms with Crippen molar-refractivity contribution in [2.75, 3.05) is 27.2 Å². The van der Waals surface area contributed by atoms with E-state index in [-0.39, 0.29) is 28.9 Å². The van der Waals surface area contributed by atoms with Crippen LogP contribution in [0.25, 0.3) is 0 Å². The molecule has 1 aromatic rings. The van der Waals surface area contributed by atoms with Crippen LogP contribution in [0.5, 0.6) is 0 Å². The van der Waals surface area contributed by atoms with Crippen molar-refractivity contribution in [3.63, 3.8) is 0 Å². The van der Waals surface area contributed by atoms with E-state index in [0.717, 1.165) is 6.42 Å². The van der Waals surface area contributed by atoms with Crippen LogP contribution < -0.4 is 5.32 Å². The van der Waals surface area contributed by atoms with Crippen molar-refractivity contribution in [1.29, 1.82) is 0 Å². The monoisotopic (exact) mass is 334 g/mol. The van der Waals surface area contributed by atoms with Crippen LogP contribution in [0.15, 0.2) is 29.2 Å². The number of carbonyl (C=O) groups excluding carboxylic acids is 1. The van der Waals surface area contributed by atoms with Gasteiger partial charge in [-0.1, -0.05) is 12.1 Å². The molecule has 0 aromatic heterocycles. The molecule has 0 aliphatic carbocycles. The Morgan fingerprint density at radius 2 is 2.05 bits per heavy atom. The van der Waals surface area contributed by atoms with Gasteiger partial charge < -0.3 is 10.1 Å². The molecule has 0 bridgehead atoms. The van der Waals surface area contributed by atoms with E-state index in [0.29, 0.717) is 13.1 Å². The summed E-state index contributed by atoms with van der Waals surface area (Å²) in [5, 5.41) is 3.07. The van der Waals surface area contributed by atoms with Crippen LogP contribution in [-0.2, 0) is 14.8 Å². The lowest BCUT2D eigenvalue weighted by atomic mass is 10.2. The van der Waals surface area contributed by atoms with Crippen LogP contribution in [0.2, 0.25) is 0 Å². The summed E-state index contributed by atoms with van der Waals surface area (Å²) in [6, 6.07) is 6.27. The van der Waals surface area contributed by atoms with Gasteiger partial charge in [0.05, 0.1) is 17.6 Å². The number of carbonyl (C=O) groups is 1. The molecule has 1 aliphatic rings. The molecule has 1 unspecified atom stereocenters. The van der Waals surface area contributed by atoms with Gasteiger partial charge >= 0.3 is 5.97 Å². The number of nitrogens with zero attached hydrogens (tertiary/aromatic N) is 1. The minimum Gasteiger partial charge on any atom is -0.465 e. The number of hydrogen-bond donors (Lipinski definition) is 1. The molecule has 0 radical (unpaired) electrons. The van der Waals surface area contributed by atoms with Crippen molar-refractivity contribution in [2.45, 2.75) is 17.4 Å². The molecule has 0 amide bonds. The van der Waals surface area contributed by atoms with Gasteiger partial charge in [0.25, 0.3) is 0 Å². The van der Waals surface area contributed by atoms with Crippen LogP contribution in [0, 0.1) is 0 Å². The lowest BCUT2D eigenvalue weighted by molar-refractivity contribution is 0.0596. The summed E-state index contributed by atoms with van der Waals surface area (Å²) in [6.45, 7) is 0.859. The summed E-state index contributed by atoms with van der Waals surface area (Å²) in [5.74, 6) is -0.645. The molecule has 0 spiro atoms. The molecular weight excluding hydrogens is 316 g/mol. The Morgan fingerprint density at radius 1 is 1.38 bits per heavy atom. The third-order valence-corrected chi connectivity index (χ3v) is 5.39. The predicted octanol–water partition coefficient (Wildman–Crippen LogP) is 0.877. The molecule has 0 saturated carbocycles. The van der Waals surface area contributed by atoms with Gasteiger partial charge in [-0.25, -0.2) is 13.2 Å². The second kappa shape index (κ2) is 7.22. The lowest BCUT2D eigenvalue weighted by Crippen LogP contribution is -2.34. The summed E-state index contributed by atoms with van der Waals surface area (Å²) in [5.41, 5.74) is 0.0721. The number of hydrogen-bond acceptors (Lipinski definition) is 5. The Morgan fingerprint density at radius 3 is 2.62 bits per heavy atom. The summed E-state index contributed by atoms with van der Waals surface area (Å²) >= 11 is 0. The zero-order valence-electron chi connectivity index (χ0n) is 11.9. The van der Waals surface area contributed by atoms with Crippen molar-refractivity contribution in [3.8, 4) is 0 Å². The van der Waals surface area contributed by atoms with Gasteiger partial charge in [-0.05, 0) is 25.6 Å². The molecule has 21 heavy (non-hydrogen) atoms. The summed E-state index contributed by atoms with van der Waals surface area (Å²) in [6.07, 6.45) is 0.760. The number of sulfonamides is 1. The van der Waals surface area contributed by atoms with Crippen molar-refractivity contribution >= 4 is 28.4 Å². The van der Waals surface area contributed by atoms with Gasteiger partial charge in [-0.3, -0.25) is 0 Å². The zero-order chi connectivity index (χ0) is 14.8. The van der Waals surface area contributed by atoms with Crippen molar-refractivity contribution in [3.05, 3.63) is 29.8 Å². The molecule has 1 heterocycles. The second-order valence-corrected chi connectivity index (χ2v) is 6.53. The molecule has 1 atom stereocenters. The van der Waals surface area contributed by atoms with E-state index in [9.17, 15) is 13.2 Å². The Bertz CT molecular complexity index is 606. The van der Waals surface area contributed by atoms with Crippen LogP contribution in [0.3, 0.4) is 0 Å². The van der Waals surface area contributed by atoms with Crippen LogP contribution in [0.4, 0.5) is 0 Å². The third kappa shape index (κ3) is 3.55. The fourth-order valence-corrected chi connectivity index (χ4v) is 3.97. The molecule has 1 aromatic carbocycles. The second-order valence-electron chi connectivity index (χ2n) is 4.63. The maximum Gasteiger partial charge on any atom is 0.339 e. The van der Waals surface area contributed by atoms with Crippen molar-refractivity contribution in [2.24, 2.45) is 0 Å². The summed E-state index contributed by atoms with van der Waals surface area (Å²) in [7, 11) is -0.632. The Labute approximate surface area is 130 Å². The van der Waals surface area contributed by atoms with E-state index in [4.69, 9.17) is 0 Å². The molecule has 1 saturated heterocycles. The maximum atomic E-state index is 12.6. The molecule has 1 fully saturated rings. The molecule has 1 N–H and O–H groups in total. The molecule has 118 valence electrons. The van der Waals surface area contributed by atoms with Crippen molar-refractivity contribution < 1.29 is 17.9 Å². The maximum absolute atomic E-state index is 12.6. The average Bonchev–Trinajstić information content (AvgIpc) is 2.96. The summed E-state index contributed by atoms with van der Waals surface area (Å²) < 4.78 is 31.3. The third-order valence-electron chi connectivity index (χ3n) is 3.47. The molecule has 1 aliphatic heterocycles. The van der Waals surface area contributed by atoms with Gasteiger partial charge in [0.15, 0.2) is 0 Å². The first-order chi connectivity index (χ1) is 9.50. The standard InChI is InChI=1S/C13H18N2O4S.ClH/c1-14-10-7-8-15(9-10)20(17,18)12-6-4-3-5-11(12)13(16)19-2;/h3-6,10,14H,7-9H2,1-2H3;1H. The Kier molecular flexibility index (Phi) is 6.15. The zero-order valence-corrected chi connectivity index (χ0v) is 13.5. The van der Waals surface area contributed by atoms with Crippen LogP contribution >= 0.6 is 12.4 Å². The van der Waals surface area contributed by atoms with Gasteiger partial charge in [-0.15, -0.1) is 12.4 Å². The van der Waals surface area contributed by atoms with E-state index in [2.05, 4.69) is 10.1 Å². The number of rotatable bonds is 4. The number of methoxy groups -OCH3 is 1. The number of likely N-dealkylation sites (N-methyl/N-ethyl adjacent to an activating group) is 1. The normalized spacial score (nSPS) is 19.0. The highest BCUT2D eigenvalue weighted by molar-refractivity contribution is 7.89. The van der Waals surface area contributed by atoms with Gasteiger partial charge in [0.2, 0.25) is 10.0 Å². The largest absolute Gasteiger partial charge is 0.465 e. The molecular formula is C13H19ClN2O4S. The minimum absolute atomic E-state index is 0. The fourth-order valence-electron chi connectivity index (χ4n) is 2.29. The molecule has 8 heteroatoms.